The van der Waals surface area contributed by atoms with Crippen molar-refractivity contribution in [3.63, 3.8) is 0 Å². The maximum atomic E-state index is 13.2. The van der Waals surface area contributed by atoms with Crippen LogP contribution in [0.2, 0.25) is 0 Å². The lowest BCUT2D eigenvalue weighted by atomic mass is 9.85. The van der Waals surface area contributed by atoms with Gasteiger partial charge in [-0.15, -0.1) is 0 Å². The first-order valence-corrected chi connectivity index (χ1v) is 14.7. The summed E-state index contributed by atoms with van der Waals surface area (Å²) < 4.78 is 0. The maximum absolute atomic E-state index is 13.2. The second-order valence-electron chi connectivity index (χ2n) is 11.3. The summed E-state index contributed by atoms with van der Waals surface area (Å²) in [6.07, 6.45) is 9.78. The standard InChI is InChI=1S/C30H46OSi/c1-19(2)25-13-10-22(7)28(16-25)32(31,29-17-26(20(3)4)14-11-23(29)8)30-18-27(21(5)6)15-12-24(30)9/h25-27,31H,1,3,5,10-18H2,2,4,6-9H3/t25-,26-,27-/m1/s1. The highest BCUT2D eigenvalue weighted by Gasteiger charge is 2.49. The Morgan fingerprint density at radius 1 is 0.625 bits per heavy atom. The molecule has 0 saturated heterocycles. The maximum Gasteiger partial charge on any atom is 0.273 e. The van der Waals surface area contributed by atoms with E-state index in [1.54, 1.807) is 0 Å². The molecule has 0 amide bonds. The zero-order chi connectivity index (χ0) is 23.8. The van der Waals surface area contributed by atoms with E-state index in [-0.39, 0.29) is 0 Å². The molecule has 0 aromatic rings. The molecule has 0 saturated carbocycles. The van der Waals surface area contributed by atoms with Crippen molar-refractivity contribution in [2.75, 3.05) is 0 Å². The van der Waals surface area contributed by atoms with E-state index in [1.807, 2.05) is 0 Å². The van der Waals surface area contributed by atoms with E-state index in [1.165, 1.54) is 68.3 Å². The van der Waals surface area contributed by atoms with Crippen LogP contribution in [0.25, 0.3) is 0 Å². The molecule has 0 radical (unpaired) electrons. The van der Waals surface area contributed by atoms with Crippen molar-refractivity contribution in [3.8, 4) is 0 Å². The van der Waals surface area contributed by atoms with Gasteiger partial charge in [-0.2, -0.15) is 0 Å². The van der Waals surface area contributed by atoms with Crippen molar-refractivity contribution in [3.05, 3.63) is 68.8 Å². The van der Waals surface area contributed by atoms with Gasteiger partial charge >= 0.3 is 0 Å². The minimum Gasteiger partial charge on any atom is -0.421 e. The molecule has 0 spiro atoms. The summed E-state index contributed by atoms with van der Waals surface area (Å²) in [6, 6.07) is 0. The second kappa shape index (κ2) is 9.85. The Morgan fingerprint density at radius 3 is 1.09 bits per heavy atom. The lowest BCUT2D eigenvalue weighted by Crippen LogP contribution is -2.49. The molecule has 0 heterocycles. The SMILES string of the molecule is C=C(C)[C@@H]1CCC(C)=C([Si](O)(C2=C(C)CC[C@@H](C(=C)C)C2)C2=C(C)CC[C@@H](C(=C)C)C2)C1. The van der Waals surface area contributed by atoms with E-state index < -0.39 is 8.32 Å². The monoisotopic (exact) mass is 450 g/mol. The molecule has 0 unspecified atom stereocenters. The Hall–Kier alpha value is -1.38. The van der Waals surface area contributed by atoms with Crippen LogP contribution < -0.4 is 0 Å². The largest absolute Gasteiger partial charge is 0.421 e. The van der Waals surface area contributed by atoms with Crippen LogP contribution in [0.1, 0.15) is 99.3 Å². The fourth-order valence-corrected chi connectivity index (χ4v) is 11.3. The summed E-state index contributed by atoms with van der Waals surface area (Å²) >= 11 is 0. The molecule has 0 fully saturated rings. The van der Waals surface area contributed by atoms with Gasteiger partial charge in [-0.3, -0.25) is 0 Å². The normalized spacial score (nSPS) is 27.7. The van der Waals surface area contributed by atoms with Crippen LogP contribution in [0.15, 0.2) is 68.8 Å². The first kappa shape index (κ1) is 25.2. The Morgan fingerprint density at radius 2 is 0.875 bits per heavy atom. The van der Waals surface area contributed by atoms with Gasteiger partial charge in [-0.1, -0.05) is 53.2 Å². The first-order valence-electron chi connectivity index (χ1n) is 12.7. The molecule has 3 rings (SSSR count). The van der Waals surface area contributed by atoms with Gasteiger partial charge in [0.25, 0.3) is 8.32 Å². The van der Waals surface area contributed by atoms with Crippen molar-refractivity contribution in [1.82, 2.24) is 0 Å². The van der Waals surface area contributed by atoms with Crippen molar-refractivity contribution in [1.29, 1.82) is 0 Å². The zero-order valence-corrected chi connectivity index (χ0v) is 22.7. The molecule has 0 bridgehead atoms. The number of allylic oxidation sites excluding steroid dienone is 9. The molecular weight excluding hydrogens is 404 g/mol. The molecule has 176 valence electrons. The van der Waals surface area contributed by atoms with Crippen molar-refractivity contribution >= 4 is 8.32 Å². The van der Waals surface area contributed by atoms with E-state index in [2.05, 4.69) is 61.3 Å². The van der Waals surface area contributed by atoms with Crippen LogP contribution in [-0.2, 0) is 0 Å². The van der Waals surface area contributed by atoms with E-state index in [9.17, 15) is 4.80 Å². The number of rotatable bonds is 6. The fourth-order valence-electron chi connectivity index (χ4n) is 6.37. The van der Waals surface area contributed by atoms with Gasteiger partial charge in [0, 0.05) is 0 Å². The van der Waals surface area contributed by atoms with Crippen molar-refractivity contribution in [2.24, 2.45) is 17.8 Å². The average molecular weight is 451 g/mol. The lowest BCUT2D eigenvalue weighted by molar-refractivity contribution is 0.471. The summed E-state index contributed by atoms with van der Waals surface area (Å²) in [5, 5.41) is 4.22. The van der Waals surface area contributed by atoms with Crippen molar-refractivity contribution in [2.45, 2.75) is 99.3 Å². The van der Waals surface area contributed by atoms with E-state index in [0.29, 0.717) is 17.8 Å². The molecule has 3 aliphatic rings. The van der Waals surface area contributed by atoms with Gasteiger partial charge in [0.05, 0.1) is 0 Å². The van der Waals surface area contributed by atoms with Crippen LogP contribution in [0.5, 0.6) is 0 Å². The number of hydrogen-bond donors (Lipinski definition) is 1. The highest BCUT2D eigenvalue weighted by molar-refractivity contribution is 6.92. The molecule has 2 heteroatoms. The van der Waals surface area contributed by atoms with Gasteiger partial charge in [-0.05, 0) is 133 Å². The molecular formula is C30H46OSi. The molecule has 1 nitrogen and oxygen atoms in total. The fraction of sp³-hybridized carbons (Fsp3) is 0.600. The van der Waals surface area contributed by atoms with E-state index in [4.69, 9.17) is 0 Å². The van der Waals surface area contributed by atoms with Gasteiger partial charge in [0.15, 0.2) is 0 Å². The van der Waals surface area contributed by atoms with E-state index >= 15 is 0 Å². The van der Waals surface area contributed by atoms with Crippen LogP contribution in [-0.4, -0.2) is 13.1 Å². The Bertz CT molecular complexity index is 792. The third-order valence-electron chi connectivity index (χ3n) is 8.90. The molecule has 1 N–H and O–H groups in total. The Labute approximate surface area is 198 Å². The first-order chi connectivity index (χ1) is 15.0. The smallest absolute Gasteiger partial charge is 0.273 e. The highest BCUT2D eigenvalue weighted by atomic mass is 28.4. The van der Waals surface area contributed by atoms with Crippen LogP contribution >= 0.6 is 0 Å². The van der Waals surface area contributed by atoms with Gasteiger partial charge in [0.1, 0.15) is 0 Å². The number of hydrogen-bond acceptors (Lipinski definition) is 1. The summed E-state index contributed by atoms with van der Waals surface area (Å²) in [4.78, 5) is 13.2. The van der Waals surface area contributed by atoms with Gasteiger partial charge in [-0.25, -0.2) is 0 Å². The molecule has 0 aromatic heterocycles. The van der Waals surface area contributed by atoms with Gasteiger partial charge < -0.3 is 4.80 Å². The Kier molecular flexibility index (Phi) is 7.77. The molecule has 0 aliphatic heterocycles. The van der Waals surface area contributed by atoms with Crippen molar-refractivity contribution < 1.29 is 4.80 Å². The van der Waals surface area contributed by atoms with E-state index in [0.717, 1.165) is 38.5 Å². The minimum atomic E-state index is -2.98. The predicted molar refractivity (Wildman–Crippen MR) is 143 cm³/mol. The second-order valence-corrected chi connectivity index (χ2v) is 14.6. The third-order valence-corrected chi connectivity index (χ3v) is 13.4. The highest BCUT2D eigenvalue weighted by Crippen LogP contribution is 2.50. The minimum absolute atomic E-state index is 0.496. The quantitative estimate of drug-likeness (QED) is 0.317. The molecule has 32 heavy (non-hydrogen) atoms. The molecule has 3 aliphatic carbocycles. The summed E-state index contributed by atoms with van der Waals surface area (Å²) in [5.74, 6) is 1.49. The van der Waals surface area contributed by atoms with Gasteiger partial charge in [0.2, 0.25) is 0 Å². The Balaban J connectivity index is 2.21. The summed E-state index contributed by atoms with van der Waals surface area (Å²) in [6.45, 7) is 26.3. The predicted octanol–water partition coefficient (Wildman–Crippen LogP) is 8.62. The lowest BCUT2D eigenvalue weighted by Gasteiger charge is -2.44. The zero-order valence-electron chi connectivity index (χ0n) is 21.7. The topological polar surface area (TPSA) is 20.2 Å². The van der Waals surface area contributed by atoms with Crippen LogP contribution in [0.4, 0.5) is 0 Å². The summed E-state index contributed by atoms with van der Waals surface area (Å²) in [7, 11) is -2.98. The van der Waals surface area contributed by atoms with Crippen LogP contribution in [0, 0.1) is 17.8 Å². The third kappa shape index (κ3) is 4.77. The average Bonchev–Trinajstić information content (AvgIpc) is 2.73. The molecule has 0 aromatic carbocycles. The van der Waals surface area contributed by atoms with Crippen LogP contribution in [0.3, 0.4) is 0 Å². The summed E-state index contributed by atoms with van der Waals surface area (Å²) in [5.41, 5.74) is 8.17. The molecule has 3 atom stereocenters.